The maximum atomic E-state index is 6.09. The quantitative estimate of drug-likeness (QED) is 0.909. The van der Waals surface area contributed by atoms with Crippen LogP contribution in [-0.2, 0) is 11.2 Å². The third kappa shape index (κ3) is 2.84. The lowest BCUT2D eigenvalue weighted by Gasteiger charge is -2.19. The second-order valence-corrected chi connectivity index (χ2v) is 6.43. The molecule has 0 aliphatic carbocycles. The van der Waals surface area contributed by atoms with Gasteiger partial charge >= 0.3 is 0 Å². The number of nitrogens with zero attached hydrogens (tertiary/aromatic N) is 4. The molecule has 0 radical (unpaired) electrons. The maximum Gasteiger partial charge on any atom is 0.234 e. The molecule has 7 heteroatoms. The van der Waals surface area contributed by atoms with E-state index in [1.54, 1.807) is 11.3 Å². The average Bonchev–Trinajstić information content (AvgIpc) is 2.99. The summed E-state index contributed by atoms with van der Waals surface area (Å²) in [6.45, 7) is 3.76. The fourth-order valence-electron chi connectivity index (χ4n) is 2.66. The predicted octanol–water partition coefficient (Wildman–Crippen LogP) is 1.75. The van der Waals surface area contributed by atoms with Gasteiger partial charge in [-0.1, -0.05) is 24.7 Å². The lowest BCUT2D eigenvalue weighted by atomic mass is 10.00. The normalized spacial score (nSPS) is 18.7. The number of fused-ring (bicyclic) bond motifs is 1. The predicted molar refractivity (Wildman–Crippen MR) is 78.0 cm³/mol. The van der Waals surface area contributed by atoms with Gasteiger partial charge in [0.2, 0.25) is 4.96 Å². The van der Waals surface area contributed by atoms with Gasteiger partial charge in [0.25, 0.3) is 0 Å². The smallest absolute Gasteiger partial charge is 0.234 e. The van der Waals surface area contributed by atoms with Crippen molar-refractivity contribution >= 4 is 16.3 Å². The molecular weight excluding hydrogens is 274 g/mol. The minimum atomic E-state index is 0.190. The summed E-state index contributed by atoms with van der Waals surface area (Å²) in [6.07, 6.45) is 4.98. The van der Waals surface area contributed by atoms with Gasteiger partial charge in [0.1, 0.15) is 5.01 Å². The Morgan fingerprint density at radius 3 is 2.95 bits per heavy atom. The summed E-state index contributed by atoms with van der Waals surface area (Å²) in [6, 6.07) is 0.190. The van der Waals surface area contributed by atoms with Crippen LogP contribution >= 0.6 is 11.3 Å². The number of ether oxygens (including phenoxy) is 1. The molecule has 3 heterocycles. The van der Waals surface area contributed by atoms with Gasteiger partial charge in [-0.05, 0) is 19.3 Å². The number of aromatic nitrogens is 4. The van der Waals surface area contributed by atoms with E-state index >= 15 is 0 Å². The molecular formula is C13H21N5OS. The van der Waals surface area contributed by atoms with E-state index in [4.69, 9.17) is 10.5 Å². The molecule has 0 bridgehead atoms. The second kappa shape index (κ2) is 6.15. The van der Waals surface area contributed by atoms with Crippen LogP contribution < -0.4 is 5.73 Å². The molecule has 6 nitrogen and oxygen atoms in total. The van der Waals surface area contributed by atoms with Crippen molar-refractivity contribution in [2.75, 3.05) is 13.2 Å². The van der Waals surface area contributed by atoms with Crippen LogP contribution in [0.15, 0.2) is 0 Å². The van der Waals surface area contributed by atoms with Crippen molar-refractivity contribution in [1.29, 1.82) is 0 Å². The third-order valence-corrected chi connectivity index (χ3v) is 4.66. The minimum absolute atomic E-state index is 0.190. The van der Waals surface area contributed by atoms with Gasteiger partial charge in [-0.3, -0.25) is 0 Å². The largest absolute Gasteiger partial charge is 0.381 e. The third-order valence-electron chi connectivity index (χ3n) is 3.74. The fourth-order valence-corrected chi connectivity index (χ4v) is 3.59. The maximum absolute atomic E-state index is 6.09. The Morgan fingerprint density at radius 2 is 2.20 bits per heavy atom. The Bertz CT molecular complexity index is 560. The molecule has 2 aromatic rings. The monoisotopic (exact) mass is 295 g/mol. The van der Waals surface area contributed by atoms with E-state index in [1.165, 1.54) is 0 Å². The molecule has 0 amide bonds. The first-order chi connectivity index (χ1) is 9.78. The van der Waals surface area contributed by atoms with Crippen LogP contribution in [0.5, 0.6) is 0 Å². The summed E-state index contributed by atoms with van der Waals surface area (Å²) >= 11 is 1.60. The van der Waals surface area contributed by atoms with Gasteiger partial charge in [0, 0.05) is 31.6 Å². The van der Waals surface area contributed by atoms with Crippen LogP contribution in [0.4, 0.5) is 0 Å². The molecule has 1 fully saturated rings. The average molecular weight is 295 g/mol. The van der Waals surface area contributed by atoms with E-state index in [9.17, 15) is 0 Å². The van der Waals surface area contributed by atoms with Crippen molar-refractivity contribution in [1.82, 2.24) is 19.8 Å². The van der Waals surface area contributed by atoms with E-state index in [2.05, 4.69) is 22.2 Å². The van der Waals surface area contributed by atoms with Gasteiger partial charge in [-0.2, -0.15) is 9.61 Å². The van der Waals surface area contributed by atoms with Gasteiger partial charge in [0.15, 0.2) is 5.82 Å². The van der Waals surface area contributed by atoms with Crippen LogP contribution in [0.2, 0.25) is 0 Å². The van der Waals surface area contributed by atoms with E-state index in [-0.39, 0.29) is 6.04 Å². The van der Waals surface area contributed by atoms with Crippen LogP contribution in [0.3, 0.4) is 0 Å². The molecule has 0 saturated carbocycles. The summed E-state index contributed by atoms with van der Waals surface area (Å²) in [5.74, 6) is 1.40. The molecule has 2 aromatic heterocycles. The Balaban J connectivity index is 1.79. The summed E-state index contributed by atoms with van der Waals surface area (Å²) in [5, 5.41) is 14.3. The zero-order chi connectivity index (χ0) is 13.9. The van der Waals surface area contributed by atoms with Crippen molar-refractivity contribution in [2.24, 2.45) is 5.73 Å². The summed E-state index contributed by atoms with van der Waals surface area (Å²) in [7, 11) is 0. The topological polar surface area (TPSA) is 78.3 Å². The highest BCUT2D eigenvalue weighted by Crippen LogP contribution is 2.27. The molecule has 1 aliphatic heterocycles. The van der Waals surface area contributed by atoms with Crippen LogP contribution in [-0.4, -0.2) is 39.1 Å². The molecule has 0 aromatic carbocycles. The van der Waals surface area contributed by atoms with Crippen LogP contribution in [0.1, 0.15) is 49.4 Å². The van der Waals surface area contributed by atoms with Gasteiger partial charge in [0.05, 0.1) is 0 Å². The Morgan fingerprint density at radius 1 is 1.40 bits per heavy atom. The standard InChI is InChI=1S/C13H21N5OS/c1-2-3-10(14)8-11-17-18-12(15-16-13(18)20-11)9-4-6-19-7-5-9/h9-10H,2-8,14H2,1H3. The first-order valence-corrected chi connectivity index (χ1v) is 8.14. The lowest BCUT2D eigenvalue weighted by Crippen LogP contribution is -2.22. The number of nitrogens with two attached hydrogens (primary N) is 1. The highest BCUT2D eigenvalue weighted by atomic mass is 32.1. The second-order valence-electron chi connectivity index (χ2n) is 5.39. The van der Waals surface area contributed by atoms with Crippen molar-refractivity contribution < 1.29 is 4.74 Å². The van der Waals surface area contributed by atoms with Crippen LogP contribution in [0.25, 0.3) is 4.96 Å². The van der Waals surface area contributed by atoms with Gasteiger partial charge in [-0.25, -0.2) is 0 Å². The molecule has 20 heavy (non-hydrogen) atoms. The van der Waals surface area contributed by atoms with Crippen molar-refractivity contribution in [3.8, 4) is 0 Å². The Hall–Kier alpha value is -1.05. The van der Waals surface area contributed by atoms with Crippen molar-refractivity contribution in [2.45, 2.75) is 51.0 Å². The van der Waals surface area contributed by atoms with E-state index in [0.29, 0.717) is 5.92 Å². The van der Waals surface area contributed by atoms with E-state index in [1.807, 2.05) is 4.52 Å². The SMILES string of the molecule is CCCC(N)Cc1nn2c(C3CCOCC3)nnc2s1. The Labute approximate surface area is 122 Å². The molecule has 1 unspecified atom stereocenters. The molecule has 1 saturated heterocycles. The van der Waals surface area contributed by atoms with E-state index in [0.717, 1.165) is 61.1 Å². The molecule has 1 aliphatic rings. The number of hydrogen-bond acceptors (Lipinski definition) is 6. The first-order valence-electron chi connectivity index (χ1n) is 7.32. The molecule has 110 valence electrons. The fraction of sp³-hybridized carbons (Fsp3) is 0.769. The molecule has 1 atom stereocenters. The highest BCUT2D eigenvalue weighted by molar-refractivity contribution is 7.16. The number of rotatable bonds is 5. The molecule has 3 rings (SSSR count). The zero-order valence-electron chi connectivity index (χ0n) is 11.8. The highest BCUT2D eigenvalue weighted by Gasteiger charge is 2.23. The van der Waals surface area contributed by atoms with Crippen molar-refractivity contribution in [3.05, 3.63) is 10.8 Å². The van der Waals surface area contributed by atoms with Crippen LogP contribution in [0, 0.1) is 0 Å². The lowest BCUT2D eigenvalue weighted by molar-refractivity contribution is 0.0831. The Kier molecular flexibility index (Phi) is 4.28. The summed E-state index contributed by atoms with van der Waals surface area (Å²) in [5.41, 5.74) is 6.09. The van der Waals surface area contributed by atoms with E-state index < -0.39 is 0 Å². The number of hydrogen-bond donors (Lipinski definition) is 1. The van der Waals surface area contributed by atoms with Crippen molar-refractivity contribution in [3.63, 3.8) is 0 Å². The zero-order valence-corrected chi connectivity index (χ0v) is 12.6. The molecule has 0 spiro atoms. The summed E-state index contributed by atoms with van der Waals surface area (Å²) < 4.78 is 7.31. The first kappa shape index (κ1) is 13.9. The van der Waals surface area contributed by atoms with Gasteiger partial charge < -0.3 is 10.5 Å². The summed E-state index contributed by atoms with van der Waals surface area (Å²) in [4.78, 5) is 0.880. The molecule has 2 N–H and O–H groups in total. The van der Waals surface area contributed by atoms with Gasteiger partial charge in [-0.15, -0.1) is 10.2 Å². The minimum Gasteiger partial charge on any atom is -0.381 e.